The number of carbonyl (C=O) groups excluding carboxylic acids is 2. The summed E-state index contributed by atoms with van der Waals surface area (Å²) in [4.78, 5) is 23.1. The molecule has 116 valence electrons. The number of anilines is 1. The number of carbonyl (C=O) groups is 2. The monoisotopic (exact) mass is 323 g/mol. The molecular weight excluding hydrogens is 305 g/mol. The molecule has 1 aliphatic rings. The number of aryl methyl sites for hydroxylation is 1. The van der Waals surface area contributed by atoms with Gasteiger partial charge in [0, 0.05) is 22.4 Å². The van der Waals surface area contributed by atoms with Crippen LogP contribution in [0.2, 0.25) is 0 Å². The van der Waals surface area contributed by atoms with E-state index in [2.05, 4.69) is 37.1 Å². The Balaban J connectivity index is 1.99. The minimum atomic E-state index is -0.125. The third kappa shape index (κ3) is 3.11. The van der Waals surface area contributed by atoms with E-state index in [1.165, 1.54) is 11.1 Å². The quantitative estimate of drug-likeness (QED) is 0.523. The van der Waals surface area contributed by atoms with E-state index in [4.69, 9.17) is 0 Å². The van der Waals surface area contributed by atoms with Crippen LogP contribution in [-0.2, 0) is 11.0 Å². The Kier molecular flexibility index (Phi) is 4.40. The molecule has 0 aromatic heterocycles. The highest BCUT2D eigenvalue weighted by molar-refractivity contribution is 7.36. The van der Waals surface area contributed by atoms with Crippen molar-refractivity contribution < 1.29 is 9.59 Å². The van der Waals surface area contributed by atoms with Crippen LogP contribution in [0, 0.1) is 6.92 Å². The molecule has 3 nitrogen and oxygen atoms in total. The number of fused-ring (bicyclic) bond motifs is 1. The molecule has 23 heavy (non-hydrogen) atoms. The number of hydrogen-bond acceptors (Lipinski definition) is 2. The van der Waals surface area contributed by atoms with Gasteiger partial charge in [0.05, 0.1) is 0 Å². The second kappa shape index (κ2) is 6.47. The molecule has 0 fully saturated rings. The normalized spacial score (nSPS) is 15.2. The maximum atomic E-state index is 12.2. The third-order valence-corrected chi connectivity index (χ3v) is 4.74. The molecule has 3 rings (SSSR count). The van der Waals surface area contributed by atoms with E-state index >= 15 is 0 Å². The summed E-state index contributed by atoms with van der Waals surface area (Å²) < 4.78 is 0. The topological polar surface area (TPSA) is 46.2 Å². The lowest BCUT2D eigenvalue weighted by atomic mass is 10.0. The first kappa shape index (κ1) is 15.6. The fraction of sp³-hybridized carbons (Fsp3) is 0.158. The average molecular weight is 323 g/mol. The summed E-state index contributed by atoms with van der Waals surface area (Å²) in [5, 5.41) is 2.82. The van der Waals surface area contributed by atoms with Crippen molar-refractivity contribution >= 4 is 38.1 Å². The van der Waals surface area contributed by atoms with Gasteiger partial charge in [0.15, 0.2) is 0 Å². The Morgan fingerprint density at radius 1 is 1.13 bits per heavy atom. The van der Waals surface area contributed by atoms with Crippen LogP contribution in [-0.4, -0.2) is 18.9 Å². The molecule has 1 unspecified atom stereocenters. The molecule has 0 saturated heterocycles. The van der Waals surface area contributed by atoms with Gasteiger partial charge in [-0.25, -0.2) is 0 Å². The summed E-state index contributed by atoms with van der Waals surface area (Å²) >= 11 is 0. The largest absolute Gasteiger partial charge is 0.321 e. The zero-order valence-electron chi connectivity index (χ0n) is 13.1. The first-order valence-corrected chi connectivity index (χ1v) is 9.20. The summed E-state index contributed by atoms with van der Waals surface area (Å²) in [5.74, 6) is -0.125. The van der Waals surface area contributed by atoms with E-state index in [1.807, 2.05) is 12.1 Å². The molecule has 1 atom stereocenters. The predicted octanol–water partition coefficient (Wildman–Crippen LogP) is 4.11. The van der Waals surface area contributed by atoms with E-state index in [1.54, 1.807) is 12.1 Å². The van der Waals surface area contributed by atoms with E-state index in [0.29, 0.717) is 16.8 Å². The van der Waals surface area contributed by atoms with Gasteiger partial charge in [-0.3, -0.25) is 9.59 Å². The Morgan fingerprint density at radius 3 is 2.61 bits per heavy atom. The smallest absolute Gasteiger partial charge is 0.256 e. The van der Waals surface area contributed by atoms with Crippen LogP contribution in [0.5, 0.6) is 0 Å². The summed E-state index contributed by atoms with van der Waals surface area (Å²) in [6, 6.07) is 11.6. The van der Waals surface area contributed by atoms with Gasteiger partial charge >= 0.3 is 0 Å². The Morgan fingerprint density at radius 2 is 1.91 bits per heavy atom. The molecule has 0 bridgehead atoms. The zero-order valence-corrected chi connectivity index (χ0v) is 14.1. The Hall–Kier alpha value is -2.25. The SMILES string of the molecule is CPCc1ccc(/C=C2/C(=O)Nc3cc(C=O)ccc32)cc1C. The van der Waals surface area contributed by atoms with Crippen molar-refractivity contribution in [3.8, 4) is 0 Å². The van der Waals surface area contributed by atoms with Crippen molar-refractivity contribution in [2.45, 2.75) is 13.1 Å². The van der Waals surface area contributed by atoms with E-state index in [-0.39, 0.29) is 5.91 Å². The van der Waals surface area contributed by atoms with E-state index in [9.17, 15) is 9.59 Å². The van der Waals surface area contributed by atoms with Crippen LogP contribution in [0.15, 0.2) is 36.4 Å². The number of benzene rings is 2. The highest BCUT2D eigenvalue weighted by Crippen LogP contribution is 2.34. The highest BCUT2D eigenvalue weighted by atomic mass is 31.1. The summed E-state index contributed by atoms with van der Waals surface area (Å²) in [6.45, 7) is 4.30. The lowest BCUT2D eigenvalue weighted by Crippen LogP contribution is -2.03. The van der Waals surface area contributed by atoms with Gasteiger partial charge in [-0.05, 0) is 48.6 Å². The molecule has 0 aliphatic carbocycles. The van der Waals surface area contributed by atoms with Gasteiger partial charge < -0.3 is 5.32 Å². The lowest BCUT2D eigenvalue weighted by Gasteiger charge is -2.06. The van der Waals surface area contributed by atoms with Gasteiger partial charge in [-0.2, -0.15) is 0 Å². The van der Waals surface area contributed by atoms with Crippen molar-refractivity contribution in [3.05, 3.63) is 64.2 Å². The molecule has 0 radical (unpaired) electrons. The standard InChI is InChI=1S/C19H18NO2P/c1-12-7-13(3-5-15(12)11-23-2)8-17-16-6-4-14(10-21)9-18(16)20-19(17)22/h3-10,23H,11H2,1-2H3,(H,20,22)/b17-8+. The third-order valence-electron chi connectivity index (χ3n) is 4.01. The minimum absolute atomic E-state index is 0.125. The van der Waals surface area contributed by atoms with Crippen molar-refractivity contribution in [1.82, 2.24) is 0 Å². The molecule has 2 aromatic carbocycles. The predicted molar refractivity (Wildman–Crippen MR) is 97.5 cm³/mol. The molecule has 1 heterocycles. The van der Waals surface area contributed by atoms with E-state index < -0.39 is 0 Å². The van der Waals surface area contributed by atoms with Crippen LogP contribution in [0.25, 0.3) is 11.6 Å². The maximum Gasteiger partial charge on any atom is 0.256 e. The van der Waals surface area contributed by atoms with Crippen molar-refractivity contribution in [2.24, 2.45) is 0 Å². The molecule has 1 amide bonds. The summed E-state index contributed by atoms with van der Waals surface area (Å²) in [7, 11) is 0.897. The fourth-order valence-electron chi connectivity index (χ4n) is 2.79. The lowest BCUT2D eigenvalue weighted by molar-refractivity contribution is -0.110. The highest BCUT2D eigenvalue weighted by Gasteiger charge is 2.24. The van der Waals surface area contributed by atoms with Crippen molar-refractivity contribution in [2.75, 3.05) is 12.0 Å². The van der Waals surface area contributed by atoms with Gasteiger partial charge in [0.25, 0.3) is 5.91 Å². The zero-order chi connectivity index (χ0) is 16.4. The summed E-state index contributed by atoms with van der Waals surface area (Å²) in [5.41, 5.74) is 6.38. The van der Waals surface area contributed by atoms with Gasteiger partial charge in [-0.1, -0.05) is 30.3 Å². The number of nitrogens with one attached hydrogen (secondary N) is 1. The molecule has 0 saturated carbocycles. The second-order valence-electron chi connectivity index (χ2n) is 5.65. The second-order valence-corrected chi connectivity index (χ2v) is 6.71. The van der Waals surface area contributed by atoms with E-state index in [0.717, 1.165) is 32.2 Å². The molecule has 4 heteroatoms. The van der Waals surface area contributed by atoms with Crippen LogP contribution >= 0.6 is 8.58 Å². The first-order chi connectivity index (χ1) is 11.1. The van der Waals surface area contributed by atoms with Crippen molar-refractivity contribution in [3.63, 3.8) is 0 Å². The van der Waals surface area contributed by atoms with Crippen LogP contribution in [0.3, 0.4) is 0 Å². The molecule has 0 spiro atoms. The molecule has 1 N–H and O–H groups in total. The number of rotatable bonds is 4. The summed E-state index contributed by atoms with van der Waals surface area (Å²) in [6.07, 6.45) is 3.79. The minimum Gasteiger partial charge on any atom is -0.321 e. The Bertz CT molecular complexity index is 824. The average Bonchev–Trinajstić information content (AvgIpc) is 2.85. The number of aldehydes is 1. The maximum absolute atomic E-state index is 12.2. The van der Waals surface area contributed by atoms with Gasteiger partial charge in [-0.15, -0.1) is 8.58 Å². The fourth-order valence-corrected chi connectivity index (χ4v) is 3.57. The van der Waals surface area contributed by atoms with Gasteiger partial charge in [0.2, 0.25) is 0 Å². The van der Waals surface area contributed by atoms with Crippen LogP contribution in [0.1, 0.15) is 32.6 Å². The first-order valence-electron chi connectivity index (χ1n) is 7.49. The molecular formula is C19H18NO2P. The van der Waals surface area contributed by atoms with Gasteiger partial charge in [0.1, 0.15) is 6.29 Å². The van der Waals surface area contributed by atoms with Crippen LogP contribution in [0.4, 0.5) is 5.69 Å². The number of hydrogen-bond donors (Lipinski definition) is 1. The number of amides is 1. The molecule has 2 aromatic rings. The molecule has 1 aliphatic heterocycles. The van der Waals surface area contributed by atoms with Crippen LogP contribution < -0.4 is 5.32 Å². The Labute approximate surface area is 137 Å². The van der Waals surface area contributed by atoms with Crippen molar-refractivity contribution in [1.29, 1.82) is 0 Å².